The average molecular weight is 202 g/mol. The highest BCUT2D eigenvalue weighted by atomic mass is 16.5. The maximum atomic E-state index is 11.1. The summed E-state index contributed by atoms with van der Waals surface area (Å²) in [5.41, 5.74) is 1.23. The first kappa shape index (κ1) is 9.45. The molecule has 0 saturated carbocycles. The van der Waals surface area contributed by atoms with Crippen LogP contribution in [-0.2, 0) is 0 Å². The van der Waals surface area contributed by atoms with Crippen molar-refractivity contribution in [3.63, 3.8) is 0 Å². The molecule has 0 radical (unpaired) electrons. The fraction of sp³-hybridized carbons (Fsp3) is 0.0909. The van der Waals surface area contributed by atoms with Crippen molar-refractivity contribution in [3.8, 4) is 17.3 Å². The largest absolute Gasteiger partial charge is 0.481 e. The number of methoxy groups -OCH3 is 1. The van der Waals surface area contributed by atoms with Gasteiger partial charge in [0.25, 0.3) is 0 Å². The number of nitrogens with zero attached hydrogens (tertiary/aromatic N) is 1. The highest BCUT2D eigenvalue weighted by Gasteiger charge is 2.00. The highest BCUT2D eigenvalue weighted by molar-refractivity contribution is 5.54. The summed E-state index contributed by atoms with van der Waals surface area (Å²) in [4.78, 5) is 18.0. The van der Waals surface area contributed by atoms with Crippen LogP contribution in [0, 0.1) is 0 Å². The number of hydrogen-bond acceptors (Lipinski definition) is 3. The zero-order chi connectivity index (χ0) is 10.7. The summed E-state index contributed by atoms with van der Waals surface area (Å²) in [5, 5.41) is 0. The second-order valence-electron chi connectivity index (χ2n) is 2.99. The lowest BCUT2D eigenvalue weighted by atomic mass is 10.2. The van der Waals surface area contributed by atoms with Gasteiger partial charge in [-0.05, 0) is 12.1 Å². The zero-order valence-corrected chi connectivity index (χ0v) is 8.23. The Labute approximate surface area is 86.6 Å². The van der Waals surface area contributed by atoms with Crippen LogP contribution in [0.1, 0.15) is 0 Å². The molecule has 2 aromatic heterocycles. The molecule has 15 heavy (non-hydrogen) atoms. The topological polar surface area (TPSA) is 55.0 Å². The normalized spacial score (nSPS) is 9.93. The van der Waals surface area contributed by atoms with E-state index in [1.165, 1.54) is 6.07 Å². The summed E-state index contributed by atoms with van der Waals surface area (Å²) in [6.07, 6.45) is 0. The van der Waals surface area contributed by atoms with E-state index in [2.05, 4.69) is 9.97 Å². The van der Waals surface area contributed by atoms with Gasteiger partial charge in [-0.15, -0.1) is 0 Å². The van der Waals surface area contributed by atoms with Gasteiger partial charge < -0.3 is 9.72 Å². The first-order chi connectivity index (χ1) is 7.29. The van der Waals surface area contributed by atoms with E-state index in [0.717, 1.165) is 0 Å². The predicted molar refractivity (Wildman–Crippen MR) is 56.8 cm³/mol. The van der Waals surface area contributed by atoms with Gasteiger partial charge in [0.15, 0.2) is 0 Å². The molecule has 2 heterocycles. The van der Waals surface area contributed by atoms with Gasteiger partial charge in [0.1, 0.15) is 0 Å². The third-order valence-corrected chi connectivity index (χ3v) is 1.98. The third kappa shape index (κ3) is 2.04. The monoisotopic (exact) mass is 202 g/mol. The van der Waals surface area contributed by atoms with Crippen molar-refractivity contribution < 1.29 is 4.74 Å². The molecule has 0 unspecified atom stereocenters. The van der Waals surface area contributed by atoms with E-state index in [9.17, 15) is 4.79 Å². The van der Waals surface area contributed by atoms with Crippen LogP contribution in [0.3, 0.4) is 0 Å². The summed E-state index contributed by atoms with van der Waals surface area (Å²) < 4.78 is 5.00. The predicted octanol–water partition coefficient (Wildman–Crippen LogP) is 1.45. The van der Waals surface area contributed by atoms with Gasteiger partial charge in [-0.25, -0.2) is 4.98 Å². The number of H-pyrrole nitrogens is 1. The molecule has 0 saturated heterocycles. The molecule has 0 fully saturated rings. The van der Waals surface area contributed by atoms with Gasteiger partial charge >= 0.3 is 0 Å². The van der Waals surface area contributed by atoms with E-state index in [4.69, 9.17) is 4.74 Å². The van der Waals surface area contributed by atoms with Crippen molar-refractivity contribution in [1.82, 2.24) is 9.97 Å². The third-order valence-electron chi connectivity index (χ3n) is 1.98. The number of aromatic nitrogens is 2. The van der Waals surface area contributed by atoms with Gasteiger partial charge in [0.05, 0.1) is 18.5 Å². The van der Waals surface area contributed by atoms with E-state index in [0.29, 0.717) is 17.3 Å². The van der Waals surface area contributed by atoms with E-state index in [1.807, 2.05) is 12.1 Å². The summed E-state index contributed by atoms with van der Waals surface area (Å²) in [6, 6.07) is 10.3. The van der Waals surface area contributed by atoms with Crippen molar-refractivity contribution in [3.05, 3.63) is 46.8 Å². The van der Waals surface area contributed by atoms with E-state index >= 15 is 0 Å². The Bertz CT molecular complexity index is 520. The maximum absolute atomic E-state index is 11.1. The molecular formula is C11H10N2O2. The minimum atomic E-state index is -0.142. The summed E-state index contributed by atoms with van der Waals surface area (Å²) >= 11 is 0. The van der Waals surface area contributed by atoms with E-state index in [-0.39, 0.29) is 5.56 Å². The lowest BCUT2D eigenvalue weighted by Crippen LogP contribution is -2.04. The maximum Gasteiger partial charge on any atom is 0.248 e. The van der Waals surface area contributed by atoms with Crippen LogP contribution in [0.4, 0.5) is 0 Å². The number of ether oxygens (including phenoxy) is 1. The molecule has 0 bridgehead atoms. The van der Waals surface area contributed by atoms with Crippen molar-refractivity contribution in [2.24, 2.45) is 0 Å². The van der Waals surface area contributed by atoms with Gasteiger partial charge in [0, 0.05) is 12.1 Å². The van der Waals surface area contributed by atoms with Crippen LogP contribution in [0.5, 0.6) is 5.88 Å². The lowest BCUT2D eigenvalue weighted by molar-refractivity contribution is 0.398. The van der Waals surface area contributed by atoms with E-state index in [1.54, 1.807) is 25.3 Å². The quantitative estimate of drug-likeness (QED) is 0.801. The minimum absolute atomic E-state index is 0.142. The second kappa shape index (κ2) is 3.96. The Morgan fingerprint density at radius 3 is 2.73 bits per heavy atom. The van der Waals surface area contributed by atoms with Crippen LogP contribution < -0.4 is 10.3 Å². The second-order valence-corrected chi connectivity index (χ2v) is 2.99. The molecule has 0 aliphatic rings. The van der Waals surface area contributed by atoms with Gasteiger partial charge in [-0.2, -0.15) is 0 Å². The smallest absolute Gasteiger partial charge is 0.248 e. The molecule has 0 spiro atoms. The first-order valence-corrected chi connectivity index (χ1v) is 4.50. The van der Waals surface area contributed by atoms with E-state index < -0.39 is 0 Å². The molecule has 0 atom stereocenters. The fourth-order valence-electron chi connectivity index (χ4n) is 1.28. The van der Waals surface area contributed by atoms with Crippen molar-refractivity contribution in [2.45, 2.75) is 0 Å². The Balaban J connectivity index is 2.49. The van der Waals surface area contributed by atoms with Crippen molar-refractivity contribution >= 4 is 0 Å². The molecule has 2 rings (SSSR count). The Kier molecular flexibility index (Phi) is 2.49. The van der Waals surface area contributed by atoms with Gasteiger partial charge in [-0.3, -0.25) is 4.79 Å². The van der Waals surface area contributed by atoms with Gasteiger partial charge in [0.2, 0.25) is 11.4 Å². The molecule has 1 N–H and O–H groups in total. The number of nitrogens with one attached hydrogen (secondary N) is 1. The number of rotatable bonds is 2. The summed E-state index contributed by atoms with van der Waals surface area (Å²) in [6.45, 7) is 0. The summed E-state index contributed by atoms with van der Waals surface area (Å²) in [7, 11) is 1.56. The van der Waals surface area contributed by atoms with Crippen LogP contribution in [0.25, 0.3) is 11.4 Å². The van der Waals surface area contributed by atoms with Crippen molar-refractivity contribution in [1.29, 1.82) is 0 Å². The fourth-order valence-corrected chi connectivity index (χ4v) is 1.28. The zero-order valence-electron chi connectivity index (χ0n) is 8.23. The number of pyridine rings is 2. The molecule has 4 heteroatoms. The molecule has 0 aliphatic carbocycles. The molecule has 76 valence electrons. The minimum Gasteiger partial charge on any atom is -0.481 e. The average Bonchev–Trinajstić information content (AvgIpc) is 2.29. The van der Waals surface area contributed by atoms with Gasteiger partial charge in [-0.1, -0.05) is 12.1 Å². The van der Waals surface area contributed by atoms with Crippen LogP contribution in [0.15, 0.2) is 41.2 Å². The molecule has 0 aromatic carbocycles. The van der Waals surface area contributed by atoms with Crippen LogP contribution in [-0.4, -0.2) is 17.1 Å². The standard InChI is InChI=1S/C11H10N2O2/c1-15-11-7-3-5-9(13-11)8-4-2-6-10(14)12-8/h2-7H,1H3,(H,12,14). The first-order valence-electron chi connectivity index (χ1n) is 4.50. The number of hydrogen-bond donors (Lipinski definition) is 1. The Hall–Kier alpha value is -2.10. The van der Waals surface area contributed by atoms with Crippen LogP contribution >= 0.6 is 0 Å². The molecule has 4 nitrogen and oxygen atoms in total. The van der Waals surface area contributed by atoms with Crippen molar-refractivity contribution in [2.75, 3.05) is 7.11 Å². The Morgan fingerprint density at radius 2 is 2.00 bits per heavy atom. The molecular weight excluding hydrogens is 192 g/mol. The molecule has 0 amide bonds. The molecule has 0 aliphatic heterocycles. The molecule has 2 aromatic rings. The summed E-state index contributed by atoms with van der Waals surface area (Å²) in [5.74, 6) is 0.525. The highest BCUT2D eigenvalue weighted by Crippen LogP contribution is 2.15. The Morgan fingerprint density at radius 1 is 1.20 bits per heavy atom. The lowest BCUT2D eigenvalue weighted by Gasteiger charge is -2.02. The SMILES string of the molecule is COc1cccc(-c2cccc(=O)[nH]2)n1. The number of aromatic amines is 1. The van der Waals surface area contributed by atoms with Crippen LogP contribution in [0.2, 0.25) is 0 Å².